The van der Waals surface area contributed by atoms with E-state index in [9.17, 15) is 5.11 Å². The van der Waals surface area contributed by atoms with E-state index in [-0.39, 0.29) is 0 Å². The van der Waals surface area contributed by atoms with Crippen molar-refractivity contribution in [3.05, 3.63) is 0 Å². The van der Waals surface area contributed by atoms with E-state index in [0.717, 1.165) is 38.9 Å². The van der Waals surface area contributed by atoms with Crippen LogP contribution in [0.5, 0.6) is 0 Å². The fourth-order valence-corrected chi connectivity index (χ4v) is 2.42. The molecule has 0 spiro atoms. The van der Waals surface area contributed by atoms with Crippen molar-refractivity contribution in [2.24, 2.45) is 0 Å². The Balaban J connectivity index is 2.03. The maximum absolute atomic E-state index is 10.3. The van der Waals surface area contributed by atoms with Crippen LogP contribution in [0.1, 0.15) is 52.4 Å². The van der Waals surface area contributed by atoms with Crippen molar-refractivity contribution in [3.63, 3.8) is 0 Å². The molecule has 1 fully saturated rings. The van der Waals surface area contributed by atoms with E-state index in [1.165, 1.54) is 19.3 Å². The van der Waals surface area contributed by atoms with Gasteiger partial charge in [0, 0.05) is 12.6 Å². The van der Waals surface area contributed by atoms with Gasteiger partial charge in [0.1, 0.15) is 0 Å². The lowest BCUT2D eigenvalue weighted by Gasteiger charge is -2.32. The molecule has 0 aromatic rings. The van der Waals surface area contributed by atoms with Crippen LogP contribution in [0.2, 0.25) is 0 Å². The normalized spacial score (nSPS) is 20.1. The topological polar surface area (TPSA) is 35.5 Å². The summed E-state index contributed by atoms with van der Waals surface area (Å²) in [5.41, 5.74) is -0.414. The predicted octanol–water partition coefficient (Wildman–Crippen LogP) is 2.00. The summed E-state index contributed by atoms with van der Waals surface area (Å²) in [7, 11) is 2.17. The van der Waals surface area contributed by atoms with Crippen molar-refractivity contribution in [1.82, 2.24) is 10.2 Å². The van der Waals surface area contributed by atoms with Crippen LogP contribution in [0.3, 0.4) is 0 Å². The van der Waals surface area contributed by atoms with Crippen LogP contribution in [0.25, 0.3) is 0 Å². The summed E-state index contributed by atoms with van der Waals surface area (Å²) in [6.45, 7) is 7.36. The second-order valence-electron chi connectivity index (χ2n) is 5.89. The molecule has 17 heavy (non-hydrogen) atoms. The van der Waals surface area contributed by atoms with Crippen molar-refractivity contribution in [3.8, 4) is 0 Å². The number of nitrogens with zero attached hydrogens (tertiary/aromatic N) is 1. The first-order chi connectivity index (χ1) is 8.03. The molecule has 1 aliphatic rings. The van der Waals surface area contributed by atoms with Crippen molar-refractivity contribution < 1.29 is 5.11 Å². The first kappa shape index (κ1) is 14.9. The van der Waals surface area contributed by atoms with Gasteiger partial charge in [0.2, 0.25) is 0 Å². The first-order valence-corrected chi connectivity index (χ1v) is 7.17. The van der Waals surface area contributed by atoms with Crippen molar-refractivity contribution in [2.45, 2.75) is 64.0 Å². The van der Waals surface area contributed by atoms with Crippen LogP contribution in [-0.2, 0) is 0 Å². The molecule has 0 atom stereocenters. The van der Waals surface area contributed by atoms with Gasteiger partial charge in [-0.1, -0.05) is 19.3 Å². The van der Waals surface area contributed by atoms with E-state index in [1.807, 2.05) is 0 Å². The maximum atomic E-state index is 10.3. The molecule has 0 heterocycles. The van der Waals surface area contributed by atoms with Gasteiger partial charge in [0.15, 0.2) is 0 Å². The second-order valence-corrected chi connectivity index (χ2v) is 5.89. The molecule has 3 heteroatoms. The maximum Gasteiger partial charge on any atom is 0.0771 e. The van der Waals surface area contributed by atoms with Crippen molar-refractivity contribution in [1.29, 1.82) is 0 Å². The predicted molar refractivity (Wildman–Crippen MR) is 73.3 cm³/mol. The molecule has 1 aliphatic carbocycles. The van der Waals surface area contributed by atoms with Crippen LogP contribution < -0.4 is 5.32 Å². The Hall–Kier alpha value is -0.120. The Morgan fingerprint density at radius 3 is 2.47 bits per heavy atom. The summed E-state index contributed by atoms with van der Waals surface area (Å²) in [6, 6.07) is 0.623. The zero-order valence-corrected chi connectivity index (χ0v) is 11.8. The van der Waals surface area contributed by atoms with Crippen LogP contribution in [0, 0.1) is 0 Å². The third-order valence-corrected chi connectivity index (χ3v) is 3.98. The van der Waals surface area contributed by atoms with Crippen molar-refractivity contribution >= 4 is 0 Å². The molecule has 0 saturated heterocycles. The smallest absolute Gasteiger partial charge is 0.0771 e. The molecule has 1 rings (SSSR count). The van der Waals surface area contributed by atoms with Gasteiger partial charge in [0.25, 0.3) is 0 Å². The second kappa shape index (κ2) is 7.34. The lowest BCUT2D eigenvalue weighted by molar-refractivity contribution is 0.00494. The Kier molecular flexibility index (Phi) is 6.45. The third kappa shape index (κ3) is 5.84. The Labute approximate surface area is 107 Å². The standard InChI is InChI=1S/C14H30N2O/c1-13(2)16(3)11-7-10-15-12-14(17)8-5-4-6-9-14/h13,15,17H,4-12H2,1-3H3. The van der Waals surface area contributed by atoms with E-state index >= 15 is 0 Å². The molecule has 0 bridgehead atoms. The highest BCUT2D eigenvalue weighted by molar-refractivity contribution is 4.84. The highest BCUT2D eigenvalue weighted by Gasteiger charge is 2.28. The molecule has 0 radical (unpaired) electrons. The highest BCUT2D eigenvalue weighted by Crippen LogP contribution is 2.27. The molecule has 3 nitrogen and oxygen atoms in total. The van der Waals surface area contributed by atoms with Gasteiger partial charge in [0.05, 0.1) is 5.60 Å². The van der Waals surface area contributed by atoms with Crippen molar-refractivity contribution in [2.75, 3.05) is 26.7 Å². The number of hydrogen-bond acceptors (Lipinski definition) is 3. The highest BCUT2D eigenvalue weighted by atomic mass is 16.3. The van der Waals surface area contributed by atoms with E-state index in [1.54, 1.807) is 0 Å². The van der Waals surface area contributed by atoms with Gasteiger partial charge in [-0.2, -0.15) is 0 Å². The minimum Gasteiger partial charge on any atom is -0.389 e. The Morgan fingerprint density at radius 1 is 1.24 bits per heavy atom. The molecule has 0 unspecified atom stereocenters. The molecule has 0 aromatic heterocycles. The van der Waals surface area contributed by atoms with Gasteiger partial charge in [-0.05, 0) is 53.2 Å². The quantitative estimate of drug-likeness (QED) is 0.670. The summed E-state index contributed by atoms with van der Waals surface area (Å²) >= 11 is 0. The van der Waals surface area contributed by atoms with Gasteiger partial charge in [-0.15, -0.1) is 0 Å². The largest absolute Gasteiger partial charge is 0.389 e. The van der Waals surface area contributed by atoms with E-state index in [2.05, 4.69) is 31.1 Å². The molecule has 1 saturated carbocycles. The summed E-state index contributed by atoms with van der Waals surface area (Å²) in [6.07, 6.45) is 6.78. The molecular weight excluding hydrogens is 212 g/mol. The van der Waals surface area contributed by atoms with E-state index < -0.39 is 5.60 Å². The SMILES string of the molecule is CC(C)N(C)CCCNCC1(O)CCCCC1. The van der Waals surface area contributed by atoms with Gasteiger partial charge in [-0.25, -0.2) is 0 Å². The molecule has 102 valence electrons. The molecule has 0 aliphatic heterocycles. The van der Waals surface area contributed by atoms with Crippen LogP contribution >= 0.6 is 0 Å². The zero-order chi connectivity index (χ0) is 12.7. The summed E-state index contributed by atoms with van der Waals surface area (Å²) in [5.74, 6) is 0. The molecular formula is C14H30N2O. The van der Waals surface area contributed by atoms with Crippen LogP contribution in [0.15, 0.2) is 0 Å². The summed E-state index contributed by atoms with van der Waals surface area (Å²) < 4.78 is 0. The van der Waals surface area contributed by atoms with Gasteiger partial charge >= 0.3 is 0 Å². The van der Waals surface area contributed by atoms with Gasteiger partial charge in [-0.3, -0.25) is 0 Å². The van der Waals surface area contributed by atoms with Crippen LogP contribution in [-0.4, -0.2) is 48.3 Å². The molecule has 0 amide bonds. The number of aliphatic hydroxyl groups is 1. The Bertz CT molecular complexity index is 200. The lowest BCUT2D eigenvalue weighted by atomic mass is 9.85. The molecule has 0 aromatic carbocycles. The van der Waals surface area contributed by atoms with E-state index in [0.29, 0.717) is 6.04 Å². The van der Waals surface area contributed by atoms with E-state index in [4.69, 9.17) is 0 Å². The Morgan fingerprint density at radius 2 is 1.88 bits per heavy atom. The number of nitrogens with one attached hydrogen (secondary N) is 1. The molecule has 2 N–H and O–H groups in total. The van der Waals surface area contributed by atoms with Gasteiger partial charge < -0.3 is 15.3 Å². The average Bonchev–Trinajstić information content (AvgIpc) is 2.29. The lowest BCUT2D eigenvalue weighted by Crippen LogP contribution is -2.42. The average molecular weight is 242 g/mol. The summed E-state index contributed by atoms with van der Waals surface area (Å²) in [5, 5.41) is 13.7. The minimum atomic E-state index is -0.414. The minimum absolute atomic E-state index is 0.414. The fraction of sp³-hybridized carbons (Fsp3) is 1.00. The zero-order valence-electron chi connectivity index (χ0n) is 11.8. The fourth-order valence-electron chi connectivity index (χ4n) is 2.42. The first-order valence-electron chi connectivity index (χ1n) is 7.17. The summed E-state index contributed by atoms with van der Waals surface area (Å²) in [4.78, 5) is 2.36. The number of hydrogen-bond donors (Lipinski definition) is 2. The third-order valence-electron chi connectivity index (χ3n) is 3.98. The van der Waals surface area contributed by atoms with Crippen LogP contribution in [0.4, 0.5) is 0 Å². The monoisotopic (exact) mass is 242 g/mol. The number of rotatable bonds is 7.